The van der Waals surface area contributed by atoms with Crippen LogP contribution in [0.2, 0.25) is 0 Å². The van der Waals surface area contributed by atoms with Crippen LogP contribution in [0.1, 0.15) is 0 Å². The van der Waals surface area contributed by atoms with E-state index in [1.54, 1.807) is 25.4 Å². The number of fused-ring (bicyclic) bond motifs is 1. The summed E-state index contributed by atoms with van der Waals surface area (Å²) in [5.41, 5.74) is 0. The van der Waals surface area contributed by atoms with Crippen LogP contribution < -0.4 is 4.74 Å². The number of aromatic nitrogens is 1. The molecule has 0 saturated carbocycles. The second-order valence-corrected chi connectivity index (χ2v) is 5.36. The van der Waals surface area contributed by atoms with Gasteiger partial charge >= 0.3 is 0 Å². The fourth-order valence-corrected chi connectivity index (χ4v) is 2.94. The second-order valence-electron chi connectivity index (χ2n) is 4.30. The molecule has 0 aliphatic heterocycles. The average molecular weight is 283 g/mol. The molecule has 0 fully saturated rings. The summed E-state index contributed by atoms with van der Waals surface area (Å²) in [5.74, 6) is 1.07. The molecular weight excluding hydrogens is 270 g/mol. The van der Waals surface area contributed by atoms with Gasteiger partial charge in [0.1, 0.15) is 16.5 Å². The monoisotopic (exact) mass is 283 g/mol. The summed E-state index contributed by atoms with van der Waals surface area (Å²) in [6, 6.07) is 15.1. The van der Waals surface area contributed by atoms with Gasteiger partial charge in [0.25, 0.3) is 0 Å². The van der Waals surface area contributed by atoms with E-state index in [0.29, 0.717) is 0 Å². The average Bonchev–Trinajstić information content (AvgIpc) is 2.47. The van der Waals surface area contributed by atoms with E-state index < -0.39 is 0 Å². The van der Waals surface area contributed by atoms with Gasteiger partial charge in [0, 0.05) is 16.5 Å². The zero-order valence-electron chi connectivity index (χ0n) is 10.9. The zero-order valence-corrected chi connectivity index (χ0v) is 11.7. The summed E-state index contributed by atoms with van der Waals surface area (Å²) in [7, 11) is 1.65. The molecule has 1 N–H and O–H groups in total. The van der Waals surface area contributed by atoms with Crippen LogP contribution in [0.25, 0.3) is 10.8 Å². The van der Waals surface area contributed by atoms with Crippen LogP contribution in [0, 0.1) is 0 Å². The highest BCUT2D eigenvalue weighted by atomic mass is 32.2. The molecule has 0 radical (unpaired) electrons. The quantitative estimate of drug-likeness (QED) is 0.786. The molecule has 4 heteroatoms. The summed E-state index contributed by atoms with van der Waals surface area (Å²) in [6.07, 6.45) is 1.79. The number of benzene rings is 2. The van der Waals surface area contributed by atoms with Crippen molar-refractivity contribution in [3.05, 3.63) is 54.7 Å². The Bertz CT molecular complexity index is 758. The summed E-state index contributed by atoms with van der Waals surface area (Å²) in [4.78, 5) is 5.38. The van der Waals surface area contributed by atoms with Crippen molar-refractivity contribution in [2.45, 2.75) is 9.92 Å². The van der Waals surface area contributed by atoms with Crippen LogP contribution in [0.4, 0.5) is 0 Å². The van der Waals surface area contributed by atoms with E-state index >= 15 is 0 Å². The molecule has 0 spiro atoms. The molecule has 3 nitrogen and oxygen atoms in total. The number of phenols is 1. The molecule has 2 aromatic carbocycles. The number of ether oxygens (including phenoxy) is 1. The van der Waals surface area contributed by atoms with Crippen LogP contribution >= 0.6 is 11.8 Å². The van der Waals surface area contributed by atoms with E-state index in [4.69, 9.17) is 4.74 Å². The first-order valence-corrected chi connectivity index (χ1v) is 6.97. The van der Waals surface area contributed by atoms with E-state index in [2.05, 4.69) is 4.98 Å². The van der Waals surface area contributed by atoms with Gasteiger partial charge in [-0.25, -0.2) is 4.98 Å². The van der Waals surface area contributed by atoms with Crippen molar-refractivity contribution in [2.75, 3.05) is 7.11 Å². The van der Waals surface area contributed by atoms with Gasteiger partial charge < -0.3 is 9.84 Å². The number of hydrogen-bond donors (Lipinski definition) is 1. The number of methoxy groups -OCH3 is 1. The molecule has 0 amide bonds. The van der Waals surface area contributed by atoms with Gasteiger partial charge in [-0.05, 0) is 41.8 Å². The first-order valence-electron chi connectivity index (χ1n) is 6.16. The lowest BCUT2D eigenvalue weighted by Gasteiger charge is -2.07. The molecule has 3 rings (SSSR count). The van der Waals surface area contributed by atoms with Crippen molar-refractivity contribution in [1.29, 1.82) is 0 Å². The Kier molecular flexibility index (Phi) is 3.48. The number of nitrogens with zero attached hydrogens (tertiary/aromatic N) is 1. The lowest BCUT2D eigenvalue weighted by molar-refractivity contribution is 0.415. The Balaban J connectivity index is 2.06. The maximum atomic E-state index is 9.53. The van der Waals surface area contributed by atoms with Gasteiger partial charge in [0.2, 0.25) is 0 Å². The lowest BCUT2D eigenvalue weighted by Crippen LogP contribution is -1.86. The van der Waals surface area contributed by atoms with Crippen molar-refractivity contribution in [1.82, 2.24) is 4.98 Å². The molecule has 100 valence electrons. The Morgan fingerprint density at radius 2 is 2.00 bits per heavy atom. The molecule has 0 aliphatic carbocycles. The van der Waals surface area contributed by atoms with Gasteiger partial charge in [-0.1, -0.05) is 23.9 Å². The van der Waals surface area contributed by atoms with E-state index in [9.17, 15) is 5.11 Å². The van der Waals surface area contributed by atoms with Gasteiger partial charge in [-0.15, -0.1) is 0 Å². The number of pyridine rings is 1. The third-order valence-electron chi connectivity index (χ3n) is 2.97. The van der Waals surface area contributed by atoms with Crippen LogP contribution in [0.3, 0.4) is 0 Å². The molecule has 20 heavy (non-hydrogen) atoms. The molecule has 0 aliphatic rings. The number of phenolic OH excluding ortho intramolecular Hbond substituents is 1. The van der Waals surface area contributed by atoms with Gasteiger partial charge in [0.15, 0.2) is 0 Å². The topological polar surface area (TPSA) is 42.4 Å². The maximum absolute atomic E-state index is 9.53. The van der Waals surface area contributed by atoms with Crippen molar-refractivity contribution < 1.29 is 9.84 Å². The number of aromatic hydroxyl groups is 1. The van der Waals surface area contributed by atoms with Crippen LogP contribution in [0.15, 0.2) is 64.6 Å². The Morgan fingerprint density at radius 3 is 2.80 bits per heavy atom. The molecule has 1 heterocycles. The molecule has 0 atom stereocenters. The Hall–Kier alpha value is -2.20. The number of hydrogen-bond acceptors (Lipinski definition) is 4. The van der Waals surface area contributed by atoms with Crippen molar-refractivity contribution in [2.24, 2.45) is 0 Å². The minimum absolute atomic E-state index is 0.257. The molecular formula is C16H13NO2S. The van der Waals surface area contributed by atoms with E-state index in [-0.39, 0.29) is 5.75 Å². The Morgan fingerprint density at radius 1 is 1.10 bits per heavy atom. The fourth-order valence-electron chi connectivity index (χ4n) is 1.99. The second kappa shape index (κ2) is 5.43. The molecule has 3 aromatic rings. The first-order chi connectivity index (χ1) is 9.76. The highest BCUT2D eigenvalue weighted by Crippen LogP contribution is 2.34. The molecule has 0 saturated heterocycles. The minimum Gasteiger partial charge on any atom is -0.508 e. The lowest BCUT2D eigenvalue weighted by atomic mass is 10.2. The third kappa shape index (κ3) is 2.56. The largest absolute Gasteiger partial charge is 0.508 e. The highest BCUT2D eigenvalue weighted by molar-refractivity contribution is 7.99. The molecule has 0 unspecified atom stereocenters. The maximum Gasteiger partial charge on any atom is 0.119 e. The predicted octanol–water partition coefficient (Wildman–Crippen LogP) is 4.10. The summed E-state index contributed by atoms with van der Waals surface area (Å²) < 4.78 is 5.27. The smallest absolute Gasteiger partial charge is 0.119 e. The zero-order chi connectivity index (χ0) is 13.9. The van der Waals surface area contributed by atoms with Crippen molar-refractivity contribution >= 4 is 22.5 Å². The van der Waals surface area contributed by atoms with E-state index in [0.717, 1.165) is 26.4 Å². The van der Waals surface area contributed by atoms with Gasteiger partial charge in [-0.3, -0.25) is 0 Å². The molecule has 1 aromatic heterocycles. The van der Waals surface area contributed by atoms with Crippen LogP contribution in [-0.4, -0.2) is 17.2 Å². The Labute approximate surface area is 121 Å². The number of rotatable bonds is 3. The van der Waals surface area contributed by atoms with Gasteiger partial charge in [0.05, 0.1) is 7.11 Å². The summed E-state index contributed by atoms with van der Waals surface area (Å²) in [5, 5.41) is 12.6. The van der Waals surface area contributed by atoms with Gasteiger partial charge in [-0.2, -0.15) is 0 Å². The third-order valence-corrected chi connectivity index (χ3v) is 3.98. The highest BCUT2D eigenvalue weighted by Gasteiger charge is 2.06. The normalized spacial score (nSPS) is 10.7. The predicted molar refractivity (Wildman–Crippen MR) is 80.5 cm³/mol. The van der Waals surface area contributed by atoms with E-state index in [1.165, 1.54) is 11.8 Å². The summed E-state index contributed by atoms with van der Waals surface area (Å²) >= 11 is 1.52. The van der Waals surface area contributed by atoms with Crippen molar-refractivity contribution in [3.8, 4) is 11.5 Å². The fraction of sp³-hybridized carbons (Fsp3) is 0.0625. The standard InChI is InChI=1S/C16H13NO2S/c1-19-13-6-5-11-7-8-17-16(15(11)10-13)20-14-4-2-3-12(18)9-14/h2-10,18H,1H3. The minimum atomic E-state index is 0.257. The first kappa shape index (κ1) is 12.8. The van der Waals surface area contributed by atoms with Crippen LogP contribution in [-0.2, 0) is 0 Å². The SMILES string of the molecule is COc1ccc2ccnc(Sc3cccc(O)c3)c2c1. The molecule has 0 bridgehead atoms. The summed E-state index contributed by atoms with van der Waals surface area (Å²) in [6.45, 7) is 0. The van der Waals surface area contributed by atoms with Crippen LogP contribution in [0.5, 0.6) is 11.5 Å². The van der Waals surface area contributed by atoms with E-state index in [1.807, 2.05) is 36.4 Å². The van der Waals surface area contributed by atoms with Crippen molar-refractivity contribution in [3.63, 3.8) is 0 Å².